The van der Waals surface area contributed by atoms with Crippen LogP contribution < -0.4 is 10.2 Å². The van der Waals surface area contributed by atoms with E-state index in [9.17, 15) is 8.42 Å². The minimum absolute atomic E-state index is 0.151. The smallest absolute Gasteiger partial charge is 0.171 e. The lowest BCUT2D eigenvalue weighted by molar-refractivity contribution is 0.578. The zero-order chi connectivity index (χ0) is 14.8. The van der Waals surface area contributed by atoms with Gasteiger partial charge >= 0.3 is 0 Å². The second-order valence-corrected chi connectivity index (χ2v) is 8.19. The molecule has 1 aliphatic heterocycles. The van der Waals surface area contributed by atoms with Crippen LogP contribution in [0.1, 0.15) is 12.5 Å². The van der Waals surface area contributed by atoms with E-state index in [1.165, 1.54) is 6.33 Å². The van der Waals surface area contributed by atoms with Crippen LogP contribution in [0.4, 0.5) is 11.6 Å². The molecule has 1 aliphatic rings. The number of nitrogens with zero attached hydrogens (tertiary/aromatic N) is 3. The largest absolute Gasteiger partial charge is 0.373 e. The number of aromatic nitrogens is 2. The van der Waals surface area contributed by atoms with E-state index in [2.05, 4.69) is 15.3 Å². The molecule has 0 saturated carbocycles. The Morgan fingerprint density at radius 1 is 1.50 bits per heavy atom. The summed E-state index contributed by atoms with van der Waals surface area (Å²) in [5, 5.41) is 2.51. The molecular weight excluding hydrogens is 296 g/mol. The Morgan fingerprint density at radius 2 is 2.25 bits per heavy atom. The molecule has 2 rings (SSSR count). The van der Waals surface area contributed by atoms with Crippen molar-refractivity contribution in [1.82, 2.24) is 9.97 Å². The highest BCUT2D eigenvalue weighted by Crippen LogP contribution is 2.30. The first-order chi connectivity index (χ1) is 9.51. The highest BCUT2D eigenvalue weighted by Gasteiger charge is 2.34. The number of rotatable bonds is 4. The van der Waals surface area contributed by atoms with Gasteiger partial charge in [0.2, 0.25) is 0 Å². The number of thioether (sulfide) groups is 1. The van der Waals surface area contributed by atoms with E-state index in [1.54, 1.807) is 25.7 Å². The Balaban J connectivity index is 2.43. The topological polar surface area (TPSA) is 75.2 Å². The van der Waals surface area contributed by atoms with Crippen molar-refractivity contribution in [2.75, 3.05) is 41.1 Å². The molecule has 0 spiro atoms. The fourth-order valence-electron chi connectivity index (χ4n) is 2.30. The molecule has 1 aromatic heterocycles. The molecule has 0 amide bonds. The third kappa shape index (κ3) is 2.85. The average molecular weight is 316 g/mol. The molecule has 2 heterocycles. The predicted molar refractivity (Wildman–Crippen MR) is 84.2 cm³/mol. The second-order valence-electron chi connectivity index (χ2n) is 4.60. The molecule has 112 valence electrons. The fraction of sp³-hybridized carbons (Fsp3) is 0.667. The molecule has 1 saturated heterocycles. The van der Waals surface area contributed by atoms with Crippen molar-refractivity contribution in [2.24, 2.45) is 0 Å². The number of hydrogen-bond donors (Lipinski definition) is 1. The summed E-state index contributed by atoms with van der Waals surface area (Å²) in [4.78, 5) is 10.4. The zero-order valence-electron chi connectivity index (χ0n) is 12.0. The molecular formula is C12H20N4O2S2. The molecule has 0 radical (unpaired) electrons. The Hall–Kier alpha value is -1.02. The minimum Gasteiger partial charge on any atom is -0.373 e. The number of nitrogens with one attached hydrogen (secondary N) is 1. The first-order valence-electron chi connectivity index (χ1n) is 6.56. The molecule has 1 fully saturated rings. The summed E-state index contributed by atoms with van der Waals surface area (Å²) in [6.07, 6.45) is 1.48. The monoisotopic (exact) mass is 316 g/mol. The van der Waals surface area contributed by atoms with E-state index >= 15 is 0 Å². The summed E-state index contributed by atoms with van der Waals surface area (Å²) in [6, 6.07) is 0. The van der Waals surface area contributed by atoms with Gasteiger partial charge < -0.3 is 10.2 Å². The van der Waals surface area contributed by atoms with Gasteiger partial charge in [-0.15, -0.1) is 0 Å². The molecule has 0 aliphatic carbocycles. The number of anilines is 2. The van der Waals surface area contributed by atoms with Gasteiger partial charge in [-0.05, 0) is 6.92 Å². The van der Waals surface area contributed by atoms with Gasteiger partial charge in [0.05, 0.1) is 0 Å². The maximum atomic E-state index is 12.3. The van der Waals surface area contributed by atoms with Gasteiger partial charge in [0.1, 0.15) is 23.3 Å². The van der Waals surface area contributed by atoms with Crippen molar-refractivity contribution in [1.29, 1.82) is 0 Å². The van der Waals surface area contributed by atoms with Crippen LogP contribution in [0.15, 0.2) is 6.33 Å². The summed E-state index contributed by atoms with van der Waals surface area (Å²) >= 11 is 1.68. The maximum Gasteiger partial charge on any atom is 0.171 e. The lowest BCUT2D eigenvalue weighted by atomic mass is 10.3. The average Bonchev–Trinajstić information content (AvgIpc) is 2.47. The molecule has 1 atom stereocenters. The first-order valence-corrected chi connectivity index (χ1v) is 9.43. The standard InChI is InChI=1S/C12H20N4O2S2/c1-4-20(17,18)10-7-19-6-5-16(10)12-9(2)11(13-3)14-8-15-12/h8,10H,4-7H2,1-3H3,(H,13,14,15). The molecule has 1 N–H and O–H groups in total. The quantitative estimate of drug-likeness (QED) is 0.892. The van der Waals surface area contributed by atoms with Crippen LogP contribution in [-0.4, -0.2) is 54.6 Å². The fourth-order valence-corrected chi connectivity index (χ4v) is 5.27. The molecule has 0 aromatic carbocycles. The zero-order valence-corrected chi connectivity index (χ0v) is 13.6. The van der Waals surface area contributed by atoms with Crippen molar-refractivity contribution in [3.05, 3.63) is 11.9 Å². The highest BCUT2D eigenvalue weighted by molar-refractivity contribution is 8.01. The van der Waals surface area contributed by atoms with E-state index in [-0.39, 0.29) is 5.75 Å². The highest BCUT2D eigenvalue weighted by atomic mass is 32.2. The molecule has 1 aromatic rings. The van der Waals surface area contributed by atoms with Gasteiger partial charge in [-0.3, -0.25) is 0 Å². The SMILES string of the molecule is CCS(=O)(=O)C1CSCCN1c1ncnc(NC)c1C. The lowest BCUT2D eigenvalue weighted by Crippen LogP contribution is -2.48. The van der Waals surface area contributed by atoms with Gasteiger partial charge in [0.15, 0.2) is 9.84 Å². The van der Waals surface area contributed by atoms with Crippen molar-refractivity contribution in [3.63, 3.8) is 0 Å². The van der Waals surface area contributed by atoms with Crippen LogP contribution in [0, 0.1) is 6.92 Å². The molecule has 6 nitrogen and oxygen atoms in total. The van der Waals surface area contributed by atoms with Crippen LogP contribution in [-0.2, 0) is 9.84 Å². The van der Waals surface area contributed by atoms with Crippen molar-refractivity contribution >= 4 is 33.2 Å². The van der Waals surface area contributed by atoms with Gasteiger partial charge in [-0.1, -0.05) is 6.92 Å². The molecule has 0 bridgehead atoms. The summed E-state index contributed by atoms with van der Waals surface area (Å²) in [7, 11) is -1.33. The van der Waals surface area contributed by atoms with Crippen molar-refractivity contribution < 1.29 is 8.42 Å². The molecule has 20 heavy (non-hydrogen) atoms. The Morgan fingerprint density at radius 3 is 2.90 bits per heavy atom. The third-order valence-corrected chi connectivity index (χ3v) is 6.76. The summed E-state index contributed by atoms with van der Waals surface area (Å²) in [5.74, 6) is 3.10. The minimum atomic E-state index is -3.13. The summed E-state index contributed by atoms with van der Waals surface area (Å²) in [5.41, 5.74) is 0.887. The Bertz CT molecular complexity index is 577. The van der Waals surface area contributed by atoms with E-state index in [4.69, 9.17) is 0 Å². The van der Waals surface area contributed by atoms with Gasteiger partial charge in [0.25, 0.3) is 0 Å². The molecule has 1 unspecified atom stereocenters. The third-order valence-electron chi connectivity index (χ3n) is 3.47. The van der Waals surface area contributed by atoms with Crippen molar-refractivity contribution in [3.8, 4) is 0 Å². The molecule has 8 heteroatoms. The first kappa shape index (κ1) is 15.4. The van der Waals surface area contributed by atoms with Crippen LogP contribution in [0.25, 0.3) is 0 Å². The van der Waals surface area contributed by atoms with Crippen LogP contribution in [0.3, 0.4) is 0 Å². The van der Waals surface area contributed by atoms with Crippen LogP contribution in [0.5, 0.6) is 0 Å². The Kier molecular flexibility index (Phi) is 4.74. The van der Waals surface area contributed by atoms with E-state index < -0.39 is 15.2 Å². The summed E-state index contributed by atoms with van der Waals surface area (Å²) in [6.45, 7) is 4.30. The van der Waals surface area contributed by atoms with Gasteiger partial charge in [-0.2, -0.15) is 11.8 Å². The lowest BCUT2D eigenvalue weighted by Gasteiger charge is -2.36. The van der Waals surface area contributed by atoms with E-state index in [0.29, 0.717) is 18.1 Å². The van der Waals surface area contributed by atoms with Crippen LogP contribution in [0.2, 0.25) is 0 Å². The van der Waals surface area contributed by atoms with Crippen molar-refractivity contribution in [2.45, 2.75) is 19.2 Å². The van der Waals surface area contributed by atoms with Gasteiger partial charge in [0, 0.05) is 36.4 Å². The predicted octanol–water partition coefficient (Wildman–Crippen LogP) is 1.14. The summed E-state index contributed by atoms with van der Waals surface area (Å²) < 4.78 is 24.6. The number of sulfone groups is 1. The normalized spacial score (nSPS) is 19.9. The Labute approximate surface area is 124 Å². The number of hydrogen-bond acceptors (Lipinski definition) is 7. The van der Waals surface area contributed by atoms with E-state index in [0.717, 1.165) is 17.1 Å². The maximum absolute atomic E-state index is 12.3. The van der Waals surface area contributed by atoms with E-state index in [1.807, 2.05) is 11.8 Å². The van der Waals surface area contributed by atoms with Crippen LogP contribution >= 0.6 is 11.8 Å². The second kappa shape index (κ2) is 6.17. The van der Waals surface area contributed by atoms with Gasteiger partial charge in [-0.25, -0.2) is 18.4 Å².